The summed E-state index contributed by atoms with van der Waals surface area (Å²) in [5.41, 5.74) is 3.01. The van der Waals surface area contributed by atoms with Gasteiger partial charge in [0.05, 0.1) is 13.2 Å². The molecule has 44 heavy (non-hydrogen) atoms. The van der Waals surface area contributed by atoms with Crippen molar-refractivity contribution >= 4 is 30.0 Å². The maximum absolute atomic E-state index is 12.9. The summed E-state index contributed by atoms with van der Waals surface area (Å²) in [5, 5.41) is 2.97. The minimum atomic E-state index is -0.502. The van der Waals surface area contributed by atoms with Crippen LogP contribution in [0, 0.1) is 5.92 Å². The van der Waals surface area contributed by atoms with Gasteiger partial charge in [-0.2, -0.15) is 0 Å². The van der Waals surface area contributed by atoms with Crippen LogP contribution < -0.4 is 5.32 Å². The molecule has 9 nitrogen and oxygen atoms in total. The van der Waals surface area contributed by atoms with Crippen molar-refractivity contribution in [3.63, 3.8) is 0 Å². The fourth-order valence-electron chi connectivity index (χ4n) is 6.15. The molecule has 240 valence electrons. The maximum atomic E-state index is 12.9. The van der Waals surface area contributed by atoms with Crippen LogP contribution in [0.1, 0.15) is 44.2 Å². The van der Waals surface area contributed by atoms with E-state index < -0.39 is 6.29 Å². The van der Waals surface area contributed by atoms with Crippen molar-refractivity contribution in [2.24, 2.45) is 5.92 Å². The molecule has 0 aliphatic carbocycles. The van der Waals surface area contributed by atoms with Gasteiger partial charge in [0.1, 0.15) is 6.26 Å². The molecular weight excluding hydrogens is 580 g/mol. The highest BCUT2D eigenvalue weighted by Crippen LogP contribution is 2.24. The summed E-state index contributed by atoms with van der Waals surface area (Å²) in [5.74, 6) is 0.458. The van der Waals surface area contributed by atoms with Gasteiger partial charge in [0.2, 0.25) is 12.0 Å². The molecule has 2 fully saturated rings. The lowest BCUT2D eigenvalue weighted by Gasteiger charge is -2.39. The fraction of sp³-hybridized carbons (Fsp3) is 0.529. The Kier molecular flexibility index (Phi) is 12.8. The van der Waals surface area contributed by atoms with Gasteiger partial charge in [-0.3, -0.25) is 4.79 Å². The number of carbonyl (C=O) groups excluding carboxylic acids is 2. The molecule has 2 aromatic carbocycles. The quantitative estimate of drug-likeness (QED) is 0.364. The van der Waals surface area contributed by atoms with Crippen LogP contribution in [0.3, 0.4) is 0 Å². The summed E-state index contributed by atoms with van der Waals surface area (Å²) in [4.78, 5) is 32.3. The van der Waals surface area contributed by atoms with Crippen LogP contribution >= 0.6 is 12.4 Å². The molecule has 3 aliphatic heterocycles. The largest absolute Gasteiger partial charge is 0.458 e. The molecule has 3 heterocycles. The highest BCUT2D eigenvalue weighted by atomic mass is 35.5. The Morgan fingerprint density at radius 3 is 2.41 bits per heavy atom. The number of amides is 3. The average Bonchev–Trinajstić information content (AvgIpc) is 3.50. The highest BCUT2D eigenvalue weighted by Gasteiger charge is 2.29. The second-order valence-electron chi connectivity index (χ2n) is 11.9. The molecular formula is C34H47ClN4O5. The number of rotatable bonds is 11. The third-order valence-electron chi connectivity index (χ3n) is 8.56. The van der Waals surface area contributed by atoms with Crippen molar-refractivity contribution < 1.29 is 23.8 Å². The summed E-state index contributed by atoms with van der Waals surface area (Å²) >= 11 is 0. The Morgan fingerprint density at radius 2 is 1.68 bits per heavy atom. The molecule has 0 bridgehead atoms. The fourth-order valence-corrected chi connectivity index (χ4v) is 6.15. The highest BCUT2D eigenvalue weighted by molar-refractivity contribution is 6.02. The van der Waals surface area contributed by atoms with Crippen LogP contribution in [0.5, 0.6) is 0 Å². The van der Waals surface area contributed by atoms with Gasteiger partial charge < -0.3 is 34.2 Å². The second kappa shape index (κ2) is 16.7. The zero-order chi connectivity index (χ0) is 30.0. The molecule has 0 radical (unpaired) electrons. The van der Waals surface area contributed by atoms with Crippen molar-refractivity contribution in [1.82, 2.24) is 14.7 Å². The van der Waals surface area contributed by atoms with Crippen LogP contribution in [0.2, 0.25) is 0 Å². The lowest BCUT2D eigenvalue weighted by Crippen LogP contribution is -2.51. The molecule has 0 saturated carbocycles. The van der Waals surface area contributed by atoms with Crippen molar-refractivity contribution in [2.75, 3.05) is 57.8 Å². The Hall–Kier alpha value is -3.27. The molecule has 2 unspecified atom stereocenters. The molecule has 0 spiro atoms. The van der Waals surface area contributed by atoms with Gasteiger partial charge in [0, 0.05) is 50.9 Å². The van der Waals surface area contributed by atoms with E-state index in [0.29, 0.717) is 44.7 Å². The zero-order valence-corrected chi connectivity index (χ0v) is 26.8. The smallest absolute Gasteiger partial charge is 0.320 e. The number of urea groups is 1. The summed E-state index contributed by atoms with van der Waals surface area (Å²) in [6, 6.07) is 18.5. The van der Waals surface area contributed by atoms with E-state index in [1.165, 1.54) is 11.8 Å². The molecule has 10 heteroatoms. The normalized spacial score (nSPS) is 19.4. The number of hydrogen-bond donors (Lipinski definition) is 1. The molecule has 0 aromatic heterocycles. The molecule has 5 rings (SSSR count). The van der Waals surface area contributed by atoms with E-state index in [2.05, 4.69) is 30.1 Å². The van der Waals surface area contributed by atoms with E-state index in [1.54, 1.807) is 0 Å². The predicted octanol–water partition coefficient (Wildman–Crippen LogP) is 5.31. The average molecular weight is 627 g/mol. The predicted molar refractivity (Wildman–Crippen MR) is 174 cm³/mol. The Bertz CT molecular complexity index is 1230. The van der Waals surface area contributed by atoms with E-state index in [-0.39, 0.29) is 30.1 Å². The molecule has 2 aromatic rings. The van der Waals surface area contributed by atoms with Crippen molar-refractivity contribution in [3.8, 4) is 0 Å². The number of morpholine rings is 1. The van der Waals surface area contributed by atoms with Crippen molar-refractivity contribution in [1.29, 1.82) is 0 Å². The zero-order valence-electron chi connectivity index (χ0n) is 26.0. The summed E-state index contributed by atoms with van der Waals surface area (Å²) < 4.78 is 16.8. The van der Waals surface area contributed by atoms with Crippen molar-refractivity contribution in [2.45, 2.75) is 58.3 Å². The molecule has 3 aliphatic rings. The number of carbonyl (C=O) groups is 2. The van der Waals surface area contributed by atoms with Crippen LogP contribution in [0.25, 0.3) is 0 Å². The number of hydrogen-bond acceptors (Lipinski definition) is 6. The number of nitrogens with one attached hydrogen (secondary N) is 1. The number of ether oxygens (including phenoxy) is 3. The first-order valence-electron chi connectivity index (χ1n) is 15.8. The lowest BCUT2D eigenvalue weighted by atomic mass is 9.95. The number of nitrogens with zero attached hydrogens (tertiary/aromatic N) is 3. The number of benzene rings is 2. The van der Waals surface area contributed by atoms with Crippen molar-refractivity contribution in [3.05, 3.63) is 77.7 Å². The summed E-state index contributed by atoms with van der Waals surface area (Å²) in [6.07, 6.45) is 5.53. The van der Waals surface area contributed by atoms with Gasteiger partial charge in [0.15, 0.2) is 0 Å². The molecule has 1 N–H and O–H groups in total. The third-order valence-corrected chi connectivity index (χ3v) is 8.56. The van der Waals surface area contributed by atoms with Crippen LogP contribution in [-0.4, -0.2) is 91.5 Å². The molecule has 2 saturated heterocycles. The van der Waals surface area contributed by atoms with E-state index in [0.717, 1.165) is 63.1 Å². The second-order valence-corrected chi connectivity index (χ2v) is 11.9. The van der Waals surface area contributed by atoms with Gasteiger partial charge in [-0.15, -0.1) is 12.4 Å². The van der Waals surface area contributed by atoms with Gasteiger partial charge in [-0.1, -0.05) is 49.4 Å². The Balaban J connectivity index is 0.00000442. The summed E-state index contributed by atoms with van der Waals surface area (Å²) in [6.45, 7) is 10.9. The Labute approximate surface area is 267 Å². The van der Waals surface area contributed by atoms with Crippen LogP contribution in [0.4, 0.5) is 10.5 Å². The Morgan fingerprint density at radius 1 is 0.977 bits per heavy atom. The summed E-state index contributed by atoms with van der Waals surface area (Å²) in [7, 11) is 0. The topological polar surface area (TPSA) is 83.6 Å². The first kappa shape index (κ1) is 33.6. The minimum absolute atomic E-state index is 0. The van der Waals surface area contributed by atoms with Gasteiger partial charge in [-0.25, -0.2) is 4.79 Å². The van der Waals surface area contributed by atoms with Gasteiger partial charge in [-0.05, 0) is 68.3 Å². The number of piperidine rings is 1. The number of likely N-dealkylation sites (tertiary alicyclic amines) is 1. The SMILES string of the molecule is CCCN(CC1CCN(C(=O)N2CCOCC2)CC1)C(C)Cc1cccc(NC(=O)C2=COC(Cc3ccccc3)O2)c1.Cl. The lowest BCUT2D eigenvalue weighted by molar-refractivity contribution is -0.118. The van der Waals surface area contributed by atoms with Gasteiger partial charge in [0.25, 0.3) is 5.91 Å². The minimum Gasteiger partial charge on any atom is -0.458 e. The van der Waals surface area contributed by atoms with Gasteiger partial charge >= 0.3 is 6.03 Å². The van der Waals surface area contributed by atoms with Crippen LogP contribution in [-0.2, 0) is 31.8 Å². The number of halogens is 1. The monoisotopic (exact) mass is 626 g/mol. The first-order chi connectivity index (χ1) is 21.0. The van der Waals surface area contributed by atoms with E-state index in [4.69, 9.17) is 14.2 Å². The molecule has 2 atom stereocenters. The first-order valence-corrected chi connectivity index (χ1v) is 15.8. The number of anilines is 1. The third kappa shape index (κ3) is 9.36. The molecule has 3 amide bonds. The van der Waals surface area contributed by atoms with Crippen LogP contribution in [0.15, 0.2) is 66.6 Å². The standard InChI is InChI=1S/C34H46N4O5.ClH/c1-3-14-38(24-28-12-15-36(16-13-28)34(40)37-17-19-41-20-18-37)26(2)21-29-10-7-11-30(22-29)35-33(39)31-25-42-32(43-31)23-27-8-5-4-6-9-27;/h4-11,22,25-26,28,32H,3,12-21,23-24H2,1-2H3,(H,35,39);1H. The van der Waals surface area contributed by atoms with E-state index >= 15 is 0 Å². The van der Waals surface area contributed by atoms with E-state index in [1.807, 2.05) is 58.3 Å². The maximum Gasteiger partial charge on any atom is 0.320 e. The van der Waals surface area contributed by atoms with E-state index in [9.17, 15) is 9.59 Å².